The normalized spacial score (nSPS) is 12.7. The zero-order chi connectivity index (χ0) is 12.4. The molecule has 2 rings (SSSR count). The van der Waals surface area contributed by atoms with Crippen molar-refractivity contribution in [3.8, 4) is 0 Å². The second kappa shape index (κ2) is 4.95. The molecule has 90 valence electrons. The fourth-order valence-electron chi connectivity index (χ4n) is 1.87. The van der Waals surface area contributed by atoms with Crippen LogP contribution in [0.2, 0.25) is 0 Å². The van der Waals surface area contributed by atoms with Crippen molar-refractivity contribution < 1.29 is 0 Å². The van der Waals surface area contributed by atoms with Crippen molar-refractivity contribution in [1.29, 1.82) is 0 Å². The maximum absolute atomic E-state index is 5.66. The molecule has 1 unspecified atom stereocenters. The third-order valence-corrected chi connectivity index (χ3v) is 3.33. The van der Waals surface area contributed by atoms with E-state index in [-0.39, 0.29) is 6.04 Å². The zero-order valence-corrected chi connectivity index (χ0v) is 11.3. The molecule has 2 aromatic rings. The molecular formula is C11H14BrN5. The monoisotopic (exact) mass is 295 g/mol. The highest BCUT2D eigenvalue weighted by molar-refractivity contribution is 9.10. The molecule has 1 aromatic carbocycles. The van der Waals surface area contributed by atoms with Crippen LogP contribution in [0.25, 0.3) is 0 Å². The van der Waals surface area contributed by atoms with E-state index in [9.17, 15) is 0 Å². The van der Waals surface area contributed by atoms with Gasteiger partial charge in [0, 0.05) is 7.05 Å². The van der Waals surface area contributed by atoms with E-state index in [1.54, 1.807) is 4.68 Å². The number of hydrogen-bond donors (Lipinski definition) is 2. The van der Waals surface area contributed by atoms with E-state index in [2.05, 4.69) is 44.7 Å². The van der Waals surface area contributed by atoms with Gasteiger partial charge in [0.05, 0.1) is 11.7 Å². The summed E-state index contributed by atoms with van der Waals surface area (Å²) in [4.78, 5) is 0. The standard InChI is InChI=1S/C11H14BrN5/c1-7-5-3-4-6-8(7)9(14-13)10-11(12)15-16-17(10)2/h3-6,9,14H,13H2,1-2H3. The van der Waals surface area contributed by atoms with E-state index in [1.165, 1.54) is 5.56 Å². The number of aromatic nitrogens is 3. The van der Waals surface area contributed by atoms with Crippen molar-refractivity contribution in [2.75, 3.05) is 0 Å². The smallest absolute Gasteiger partial charge is 0.153 e. The van der Waals surface area contributed by atoms with Crippen LogP contribution in [0.1, 0.15) is 22.9 Å². The van der Waals surface area contributed by atoms with Crippen LogP contribution in [0.4, 0.5) is 0 Å². The maximum Gasteiger partial charge on any atom is 0.153 e. The first-order valence-corrected chi connectivity index (χ1v) is 6.01. The Morgan fingerprint density at radius 2 is 2.12 bits per heavy atom. The van der Waals surface area contributed by atoms with Crippen molar-refractivity contribution in [2.45, 2.75) is 13.0 Å². The van der Waals surface area contributed by atoms with E-state index < -0.39 is 0 Å². The third-order valence-electron chi connectivity index (χ3n) is 2.77. The lowest BCUT2D eigenvalue weighted by Crippen LogP contribution is -2.31. The number of hydrogen-bond acceptors (Lipinski definition) is 4. The van der Waals surface area contributed by atoms with Crippen LogP contribution in [0.3, 0.4) is 0 Å². The minimum absolute atomic E-state index is 0.134. The van der Waals surface area contributed by atoms with Gasteiger partial charge in [-0.15, -0.1) is 5.10 Å². The first kappa shape index (κ1) is 12.2. The molecule has 0 amide bonds. The summed E-state index contributed by atoms with van der Waals surface area (Å²) in [6, 6.07) is 7.95. The van der Waals surface area contributed by atoms with E-state index >= 15 is 0 Å². The molecule has 0 radical (unpaired) electrons. The topological polar surface area (TPSA) is 68.8 Å². The maximum atomic E-state index is 5.66. The molecule has 5 nitrogen and oxygen atoms in total. The fourth-order valence-corrected chi connectivity index (χ4v) is 2.43. The van der Waals surface area contributed by atoms with E-state index in [4.69, 9.17) is 5.84 Å². The number of rotatable bonds is 3. The number of halogens is 1. The Morgan fingerprint density at radius 3 is 2.65 bits per heavy atom. The highest BCUT2D eigenvalue weighted by Gasteiger charge is 2.21. The van der Waals surface area contributed by atoms with Gasteiger partial charge >= 0.3 is 0 Å². The van der Waals surface area contributed by atoms with Crippen LogP contribution in [0, 0.1) is 6.92 Å². The Bertz CT molecular complexity index is 503. The van der Waals surface area contributed by atoms with E-state index in [1.807, 2.05) is 25.2 Å². The second-order valence-electron chi connectivity index (χ2n) is 3.85. The number of nitrogens with one attached hydrogen (secondary N) is 1. The van der Waals surface area contributed by atoms with Crippen molar-refractivity contribution in [3.05, 3.63) is 45.7 Å². The van der Waals surface area contributed by atoms with Gasteiger partial charge in [-0.2, -0.15) is 0 Å². The van der Waals surface area contributed by atoms with Gasteiger partial charge in [0.2, 0.25) is 0 Å². The van der Waals surface area contributed by atoms with E-state index in [0.717, 1.165) is 11.3 Å². The molecular weight excluding hydrogens is 282 g/mol. The molecule has 1 heterocycles. The summed E-state index contributed by atoms with van der Waals surface area (Å²) in [5, 5.41) is 7.94. The van der Waals surface area contributed by atoms with Crippen LogP contribution >= 0.6 is 15.9 Å². The Labute approximate surface area is 108 Å². The first-order valence-electron chi connectivity index (χ1n) is 5.22. The lowest BCUT2D eigenvalue weighted by molar-refractivity contribution is 0.567. The summed E-state index contributed by atoms with van der Waals surface area (Å²) in [6.07, 6.45) is 0. The molecule has 0 spiro atoms. The number of aryl methyl sites for hydroxylation is 2. The highest BCUT2D eigenvalue weighted by atomic mass is 79.9. The molecule has 0 saturated heterocycles. The number of hydrazine groups is 1. The van der Waals surface area contributed by atoms with Gasteiger partial charge in [-0.1, -0.05) is 29.5 Å². The minimum atomic E-state index is -0.134. The molecule has 0 fully saturated rings. The Morgan fingerprint density at radius 1 is 1.41 bits per heavy atom. The molecule has 1 aromatic heterocycles. The van der Waals surface area contributed by atoms with E-state index in [0.29, 0.717) is 4.60 Å². The molecule has 0 aliphatic heterocycles. The predicted molar refractivity (Wildman–Crippen MR) is 69.0 cm³/mol. The molecule has 6 heteroatoms. The van der Waals surface area contributed by atoms with Gasteiger partial charge in [-0.05, 0) is 34.0 Å². The lowest BCUT2D eigenvalue weighted by Gasteiger charge is -2.18. The van der Waals surface area contributed by atoms with Gasteiger partial charge in [-0.3, -0.25) is 5.84 Å². The number of nitrogens with zero attached hydrogens (tertiary/aromatic N) is 3. The quantitative estimate of drug-likeness (QED) is 0.664. The Kier molecular flexibility index (Phi) is 3.56. The Hall–Kier alpha value is -1.24. The molecule has 0 aliphatic rings. The van der Waals surface area contributed by atoms with Crippen molar-refractivity contribution in [1.82, 2.24) is 20.4 Å². The van der Waals surface area contributed by atoms with Crippen molar-refractivity contribution in [3.63, 3.8) is 0 Å². The van der Waals surface area contributed by atoms with Crippen LogP contribution in [0.5, 0.6) is 0 Å². The molecule has 0 bridgehead atoms. The minimum Gasteiger partial charge on any atom is -0.271 e. The summed E-state index contributed by atoms with van der Waals surface area (Å²) in [7, 11) is 1.84. The zero-order valence-electron chi connectivity index (χ0n) is 9.68. The molecule has 3 N–H and O–H groups in total. The van der Waals surface area contributed by atoms with Gasteiger partial charge in [0.25, 0.3) is 0 Å². The van der Waals surface area contributed by atoms with Gasteiger partial charge < -0.3 is 0 Å². The summed E-state index contributed by atoms with van der Waals surface area (Å²) in [6.45, 7) is 2.05. The predicted octanol–water partition coefficient (Wildman–Crippen LogP) is 1.44. The summed E-state index contributed by atoms with van der Waals surface area (Å²) < 4.78 is 2.41. The summed E-state index contributed by atoms with van der Waals surface area (Å²) in [5.74, 6) is 5.66. The highest BCUT2D eigenvalue weighted by Crippen LogP contribution is 2.27. The fraction of sp³-hybridized carbons (Fsp3) is 0.273. The summed E-state index contributed by atoms with van der Waals surface area (Å²) >= 11 is 3.39. The third kappa shape index (κ3) is 2.24. The molecule has 0 aliphatic carbocycles. The average molecular weight is 296 g/mol. The van der Waals surface area contributed by atoms with Crippen LogP contribution < -0.4 is 11.3 Å². The second-order valence-corrected chi connectivity index (χ2v) is 4.60. The number of benzene rings is 1. The van der Waals surface area contributed by atoms with Gasteiger partial charge in [0.15, 0.2) is 4.60 Å². The summed E-state index contributed by atoms with van der Waals surface area (Å²) in [5.41, 5.74) is 6.00. The van der Waals surface area contributed by atoms with Gasteiger partial charge in [0.1, 0.15) is 0 Å². The SMILES string of the molecule is Cc1ccccc1C(NN)c1c(Br)nnn1C. The molecule has 17 heavy (non-hydrogen) atoms. The van der Waals surface area contributed by atoms with Gasteiger partial charge in [-0.25, -0.2) is 10.1 Å². The average Bonchev–Trinajstić information content (AvgIpc) is 2.64. The molecule has 0 saturated carbocycles. The molecule has 1 atom stereocenters. The van der Waals surface area contributed by atoms with Crippen LogP contribution in [-0.4, -0.2) is 15.0 Å². The number of nitrogens with two attached hydrogens (primary N) is 1. The van der Waals surface area contributed by atoms with Crippen LogP contribution in [0.15, 0.2) is 28.9 Å². The van der Waals surface area contributed by atoms with Crippen molar-refractivity contribution in [2.24, 2.45) is 12.9 Å². The largest absolute Gasteiger partial charge is 0.271 e. The van der Waals surface area contributed by atoms with Crippen molar-refractivity contribution >= 4 is 15.9 Å². The van der Waals surface area contributed by atoms with Crippen LogP contribution in [-0.2, 0) is 7.05 Å². The first-order chi connectivity index (χ1) is 8.15. The Balaban J connectivity index is 2.52. The lowest BCUT2D eigenvalue weighted by atomic mass is 10.00.